The summed E-state index contributed by atoms with van der Waals surface area (Å²) in [4.78, 5) is 14.9. The first-order valence-electron chi connectivity index (χ1n) is 8.74. The van der Waals surface area contributed by atoms with Crippen LogP contribution in [0.3, 0.4) is 0 Å². The molecule has 0 saturated carbocycles. The molecule has 1 aliphatic rings. The van der Waals surface area contributed by atoms with Crippen molar-refractivity contribution in [2.75, 3.05) is 18.0 Å². The molecule has 2 aromatic carbocycles. The Balaban J connectivity index is 1.57. The lowest BCUT2D eigenvalue weighted by Gasteiger charge is -2.29. The maximum absolute atomic E-state index is 12.6. The molecule has 3 aromatic rings. The molecule has 4 rings (SSSR count). The van der Waals surface area contributed by atoms with Gasteiger partial charge in [-0.05, 0) is 48.4 Å². The molecule has 0 unspecified atom stereocenters. The maximum atomic E-state index is 12.6. The normalized spacial score (nSPS) is 14.1. The minimum absolute atomic E-state index is 0.106. The predicted molar refractivity (Wildman–Crippen MR) is 108 cm³/mol. The number of benzene rings is 2. The lowest BCUT2D eigenvalue weighted by Crippen LogP contribution is -2.37. The van der Waals surface area contributed by atoms with Gasteiger partial charge in [-0.15, -0.1) is 0 Å². The number of carbonyl (C=O) groups is 1. The lowest BCUT2D eigenvalue weighted by atomic mass is 10.1. The Bertz CT molecular complexity index is 957. The van der Waals surface area contributed by atoms with Crippen molar-refractivity contribution in [1.82, 2.24) is 5.32 Å². The molecule has 2 heterocycles. The second kappa shape index (κ2) is 7.67. The Morgan fingerprint density at radius 2 is 2.00 bits per heavy atom. The molecule has 0 aliphatic carbocycles. The van der Waals surface area contributed by atoms with E-state index in [4.69, 9.17) is 27.6 Å². The van der Waals surface area contributed by atoms with Crippen molar-refractivity contribution >= 4 is 34.8 Å². The summed E-state index contributed by atoms with van der Waals surface area (Å²) in [5.41, 5.74) is 2.84. The van der Waals surface area contributed by atoms with Crippen LogP contribution >= 0.6 is 23.2 Å². The minimum atomic E-state index is -0.258. The molecule has 6 heteroatoms. The van der Waals surface area contributed by atoms with Crippen LogP contribution in [0.5, 0.6) is 0 Å². The maximum Gasteiger partial charge on any atom is 0.252 e. The summed E-state index contributed by atoms with van der Waals surface area (Å²) in [7, 11) is 0. The van der Waals surface area contributed by atoms with E-state index >= 15 is 0 Å². The van der Waals surface area contributed by atoms with Crippen LogP contribution in [0.4, 0.5) is 5.69 Å². The number of hydrogen-bond donors (Lipinski definition) is 1. The fourth-order valence-electron chi connectivity index (χ4n) is 3.49. The lowest BCUT2D eigenvalue weighted by molar-refractivity contribution is 0.0950. The first-order chi connectivity index (χ1) is 13.1. The number of hydrogen-bond acceptors (Lipinski definition) is 3. The molecule has 0 saturated heterocycles. The molecule has 0 fully saturated rings. The Hall–Kier alpha value is -2.43. The summed E-state index contributed by atoms with van der Waals surface area (Å²) in [6.45, 7) is 1.27. The van der Waals surface area contributed by atoms with Gasteiger partial charge in [-0.2, -0.15) is 0 Å². The van der Waals surface area contributed by atoms with Crippen molar-refractivity contribution in [1.29, 1.82) is 0 Å². The van der Waals surface area contributed by atoms with Gasteiger partial charge in [0.2, 0.25) is 0 Å². The SMILES string of the molecule is O=C(NC[C@@H](c1ccco1)N1CCc2ccccc21)c1cc(Cl)ccc1Cl. The van der Waals surface area contributed by atoms with E-state index in [2.05, 4.69) is 22.3 Å². The zero-order valence-corrected chi connectivity index (χ0v) is 16.0. The molecule has 1 amide bonds. The van der Waals surface area contributed by atoms with Gasteiger partial charge >= 0.3 is 0 Å². The molecule has 1 aliphatic heterocycles. The standard InChI is InChI=1S/C21H18Cl2N2O2/c22-15-7-8-17(23)16(12-15)21(26)24-13-19(20-6-3-11-27-20)25-10-9-14-4-1-2-5-18(14)25/h1-8,11-12,19H,9-10,13H2,(H,24,26)/t19-/m0/s1. The molecule has 1 N–H and O–H groups in total. The summed E-state index contributed by atoms with van der Waals surface area (Å²) < 4.78 is 5.66. The zero-order valence-electron chi connectivity index (χ0n) is 14.5. The topological polar surface area (TPSA) is 45.5 Å². The third kappa shape index (κ3) is 3.68. The van der Waals surface area contributed by atoms with Gasteiger partial charge < -0.3 is 14.6 Å². The van der Waals surface area contributed by atoms with Crippen molar-refractivity contribution in [3.63, 3.8) is 0 Å². The van der Waals surface area contributed by atoms with Crippen LogP contribution < -0.4 is 10.2 Å². The van der Waals surface area contributed by atoms with Crippen LogP contribution in [0, 0.1) is 0 Å². The van der Waals surface area contributed by atoms with Gasteiger partial charge in [0.1, 0.15) is 11.8 Å². The summed E-state index contributed by atoms with van der Waals surface area (Å²) >= 11 is 12.2. The number of fused-ring (bicyclic) bond motifs is 1. The second-order valence-electron chi connectivity index (χ2n) is 6.44. The molecule has 0 bridgehead atoms. The highest BCUT2D eigenvalue weighted by atomic mass is 35.5. The van der Waals surface area contributed by atoms with Gasteiger partial charge in [0.25, 0.3) is 5.91 Å². The minimum Gasteiger partial charge on any atom is -0.467 e. The van der Waals surface area contributed by atoms with E-state index in [0.29, 0.717) is 22.2 Å². The molecule has 1 atom stereocenters. The Kier molecular flexibility index (Phi) is 5.10. The highest BCUT2D eigenvalue weighted by Gasteiger charge is 2.29. The van der Waals surface area contributed by atoms with Crippen LogP contribution in [0.25, 0.3) is 0 Å². The number of anilines is 1. The zero-order chi connectivity index (χ0) is 18.8. The van der Waals surface area contributed by atoms with E-state index in [9.17, 15) is 4.79 Å². The molecule has 1 aromatic heterocycles. The van der Waals surface area contributed by atoms with Crippen LogP contribution in [0.2, 0.25) is 10.0 Å². The monoisotopic (exact) mass is 400 g/mol. The molecule has 0 radical (unpaired) electrons. The molecule has 4 nitrogen and oxygen atoms in total. The number of amides is 1. The van der Waals surface area contributed by atoms with Gasteiger partial charge in [-0.25, -0.2) is 0 Å². The summed E-state index contributed by atoms with van der Waals surface area (Å²) in [5.74, 6) is 0.552. The van der Waals surface area contributed by atoms with E-state index < -0.39 is 0 Å². The number of rotatable bonds is 5. The van der Waals surface area contributed by atoms with Crippen LogP contribution in [-0.4, -0.2) is 19.0 Å². The van der Waals surface area contributed by atoms with E-state index in [-0.39, 0.29) is 11.9 Å². The molecule has 27 heavy (non-hydrogen) atoms. The van der Waals surface area contributed by atoms with Crippen molar-refractivity contribution in [3.05, 3.63) is 87.8 Å². The molecular weight excluding hydrogens is 383 g/mol. The number of carbonyl (C=O) groups excluding carboxylic acids is 1. The fraction of sp³-hybridized carbons (Fsp3) is 0.190. The van der Waals surface area contributed by atoms with Crippen molar-refractivity contribution in [3.8, 4) is 0 Å². The van der Waals surface area contributed by atoms with Gasteiger partial charge in [-0.1, -0.05) is 41.4 Å². The van der Waals surface area contributed by atoms with Crippen molar-refractivity contribution in [2.45, 2.75) is 12.5 Å². The quantitative estimate of drug-likeness (QED) is 0.646. The third-order valence-corrected chi connectivity index (χ3v) is 5.36. The second-order valence-corrected chi connectivity index (χ2v) is 7.28. The highest BCUT2D eigenvalue weighted by Crippen LogP contribution is 2.35. The summed E-state index contributed by atoms with van der Waals surface area (Å²) in [6.07, 6.45) is 2.63. The fourth-order valence-corrected chi connectivity index (χ4v) is 3.86. The molecular formula is C21H18Cl2N2O2. The van der Waals surface area contributed by atoms with Gasteiger partial charge in [0, 0.05) is 23.8 Å². The first-order valence-corrected chi connectivity index (χ1v) is 9.50. The summed E-state index contributed by atoms with van der Waals surface area (Å²) in [5, 5.41) is 3.83. The number of furan rings is 1. The van der Waals surface area contributed by atoms with Crippen LogP contribution in [-0.2, 0) is 6.42 Å². The molecule has 138 valence electrons. The van der Waals surface area contributed by atoms with Crippen molar-refractivity contribution < 1.29 is 9.21 Å². The third-order valence-electron chi connectivity index (χ3n) is 4.80. The van der Waals surface area contributed by atoms with Crippen LogP contribution in [0.1, 0.15) is 27.7 Å². The predicted octanol–water partition coefficient (Wildman–Crippen LogP) is 5.12. The highest BCUT2D eigenvalue weighted by molar-refractivity contribution is 6.35. The number of nitrogens with one attached hydrogen (secondary N) is 1. The molecule has 0 spiro atoms. The van der Waals surface area contributed by atoms with Crippen LogP contribution in [0.15, 0.2) is 65.3 Å². The van der Waals surface area contributed by atoms with E-state index in [1.165, 1.54) is 11.3 Å². The van der Waals surface area contributed by atoms with E-state index in [1.54, 1.807) is 24.5 Å². The van der Waals surface area contributed by atoms with E-state index in [0.717, 1.165) is 18.7 Å². The van der Waals surface area contributed by atoms with E-state index in [1.807, 2.05) is 24.3 Å². The smallest absolute Gasteiger partial charge is 0.252 e. The Morgan fingerprint density at radius 1 is 1.15 bits per heavy atom. The van der Waals surface area contributed by atoms with Gasteiger partial charge in [0.05, 0.1) is 16.8 Å². The van der Waals surface area contributed by atoms with Gasteiger partial charge in [-0.3, -0.25) is 4.79 Å². The Labute approximate surface area is 167 Å². The van der Waals surface area contributed by atoms with Crippen molar-refractivity contribution in [2.24, 2.45) is 0 Å². The average Bonchev–Trinajstić information content (AvgIpc) is 3.34. The summed E-state index contributed by atoms with van der Waals surface area (Å²) in [6, 6.07) is 16.9. The first kappa shape index (κ1) is 18.0. The largest absolute Gasteiger partial charge is 0.467 e. The van der Waals surface area contributed by atoms with Gasteiger partial charge in [0.15, 0.2) is 0 Å². The number of nitrogens with zero attached hydrogens (tertiary/aromatic N) is 1. The average molecular weight is 401 g/mol. The number of para-hydroxylation sites is 1. The number of halogens is 2. The Morgan fingerprint density at radius 3 is 2.81 bits per heavy atom.